The Hall–Kier alpha value is -0.160. The molecule has 0 N–H and O–H groups in total. The number of fused-ring (bicyclic) bond motifs is 2. The number of rotatable bonds is 4. The lowest BCUT2D eigenvalue weighted by Crippen LogP contribution is -2.58. The number of ether oxygens (including phenoxy) is 3. The van der Waals surface area contributed by atoms with Gasteiger partial charge in [-0.1, -0.05) is 0 Å². The highest BCUT2D eigenvalue weighted by molar-refractivity contribution is 4.97. The van der Waals surface area contributed by atoms with E-state index in [1.54, 1.807) is 0 Å². The van der Waals surface area contributed by atoms with Crippen LogP contribution in [0.4, 0.5) is 0 Å². The van der Waals surface area contributed by atoms with Crippen LogP contribution in [-0.4, -0.2) is 62.2 Å². The van der Waals surface area contributed by atoms with E-state index < -0.39 is 0 Å². The van der Waals surface area contributed by atoms with Gasteiger partial charge in [0.25, 0.3) is 0 Å². The van der Waals surface area contributed by atoms with Gasteiger partial charge in [-0.25, -0.2) is 0 Å². The van der Waals surface area contributed by atoms with Crippen LogP contribution < -0.4 is 0 Å². The molecule has 0 aromatic heterocycles. The Balaban J connectivity index is 1.60. The van der Waals surface area contributed by atoms with Gasteiger partial charge in [-0.2, -0.15) is 0 Å². The standard InChI is InChI=1S/C15H27NO3/c1-14(2,3)19-11-15(9-18-10-15)8-16-12-4-5-13(16)7-17-6-12/h12-13H,4-11H2,1-3H3. The molecule has 19 heavy (non-hydrogen) atoms. The van der Waals surface area contributed by atoms with Gasteiger partial charge >= 0.3 is 0 Å². The van der Waals surface area contributed by atoms with Crippen molar-refractivity contribution in [3.05, 3.63) is 0 Å². The molecule has 3 saturated heterocycles. The highest BCUT2D eigenvalue weighted by Crippen LogP contribution is 2.36. The van der Waals surface area contributed by atoms with Crippen molar-refractivity contribution in [2.75, 3.05) is 39.6 Å². The number of hydrogen-bond donors (Lipinski definition) is 0. The molecule has 0 aliphatic carbocycles. The zero-order chi connectivity index (χ0) is 13.5. The average Bonchev–Trinajstić information content (AvgIpc) is 2.52. The predicted octanol–water partition coefficient (Wildman–Crippen LogP) is 1.68. The fourth-order valence-corrected chi connectivity index (χ4v) is 3.34. The fourth-order valence-electron chi connectivity index (χ4n) is 3.34. The lowest BCUT2D eigenvalue weighted by molar-refractivity contribution is -0.187. The molecule has 0 radical (unpaired) electrons. The highest BCUT2D eigenvalue weighted by Gasteiger charge is 2.46. The van der Waals surface area contributed by atoms with Gasteiger partial charge in [-0.15, -0.1) is 0 Å². The monoisotopic (exact) mass is 269 g/mol. The van der Waals surface area contributed by atoms with E-state index in [4.69, 9.17) is 14.2 Å². The third-order valence-electron chi connectivity index (χ3n) is 4.54. The molecular weight excluding hydrogens is 242 g/mol. The molecule has 0 aromatic carbocycles. The van der Waals surface area contributed by atoms with Crippen LogP contribution in [0.2, 0.25) is 0 Å². The first-order valence-corrected chi connectivity index (χ1v) is 7.53. The van der Waals surface area contributed by atoms with E-state index in [0.29, 0.717) is 12.1 Å². The molecule has 0 amide bonds. The molecule has 2 atom stereocenters. The second kappa shape index (κ2) is 4.99. The van der Waals surface area contributed by atoms with Crippen molar-refractivity contribution in [2.45, 2.75) is 51.3 Å². The van der Waals surface area contributed by atoms with Gasteiger partial charge in [0.2, 0.25) is 0 Å². The Morgan fingerprint density at radius 1 is 1.11 bits per heavy atom. The van der Waals surface area contributed by atoms with Crippen LogP contribution in [0.25, 0.3) is 0 Å². The number of morpholine rings is 1. The smallest absolute Gasteiger partial charge is 0.0622 e. The Kier molecular flexibility index (Phi) is 3.63. The summed E-state index contributed by atoms with van der Waals surface area (Å²) in [6.07, 6.45) is 2.59. The topological polar surface area (TPSA) is 30.9 Å². The van der Waals surface area contributed by atoms with Gasteiger partial charge < -0.3 is 14.2 Å². The number of hydrogen-bond acceptors (Lipinski definition) is 4. The summed E-state index contributed by atoms with van der Waals surface area (Å²) in [7, 11) is 0. The molecule has 3 aliphatic rings. The van der Waals surface area contributed by atoms with E-state index in [9.17, 15) is 0 Å². The van der Waals surface area contributed by atoms with Gasteiger partial charge in [0.05, 0.1) is 44.1 Å². The average molecular weight is 269 g/mol. The predicted molar refractivity (Wildman–Crippen MR) is 73.3 cm³/mol. The normalized spacial score (nSPS) is 34.3. The minimum Gasteiger partial charge on any atom is -0.380 e. The largest absolute Gasteiger partial charge is 0.380 e. The first-order chi connectivity index (χ1) is 8.98. The Bertz CT molecular complexity index is 306. The van der Waals surface area contributed by atoms with Crippen molar-refractivity contribution < 1.29 is 14.2 Å². The van der Waals surface area contributed by atoms with Gasteiger partial charge in [0, 0.05) is 18.6 Å². The molecule has 4 heteroatoms. The van der Waals surface area contributed by atoms with Gasteiger partial charge in [-0.3, -0.25) is 4.90 Å². The van der Waals surface area contributed by atoms with Gasteiger partial charge in [0.1, 0.15) is 0 Å². The van der Waals surface area contributed by atoms with Crippen LogP contribution in [0, 0.1) is 5.41 Å². The van der Waals surface area contributed by atoms with Crippen LogP contribution in [0.3, 0.4) is 0 Å². The van der Waals surface area contributed by atoms with Crippen molar-refractivity contribution >= 4 is 0 Å². The molecule has 3 fully saturated rings. The highest BCUT2D eigenvalue weighted by atomic mass is 16.5. The second-order valence-electron chi connectivity index (χ2n) is 7.49. The molecule has 110 valence electrons. The molecule has 4 nitrogen and oxygen atoms in total. The quantitative estimate of drug-likeness (QED) is 0.777. The number of nitrogens with zero attached hydrogens (tertiary/aromatic N) is 1. The Labute approximate surface area is 116 Å². The van der Waals surface area contributed by atoms with E-state index in [-0.39, 0.29) is 11.0 Å². The lowest BCUT2D eigenvalue weighted by atomic mass is 9.85. The van der Waals surface area contributed by atoms with Crippen molar-refractivity contribution in [1.82, 2.24) is 4.90 Å². The molecule has 0 aromatic rings. The van der Waals surface area contributed by atoms with Gasteiger partial charge in [0.15, 0.2) is 0 Å². The lowest BCUT2D eigenvalue weighted by Gasteiger charge is -2.48. The van der Waals surface area contributed by atoms with Crippen molar-refractivity contribution in [1.29, 1.82) is 0 Å². The van der Waals surface area contributed by atoms with Crippen molar-refractivity contribution in [2.24, 2.45) is 5.41 Å². The van der Waals surface area contributed by atoms with Crippen LogP contribution in [-0.2, 0) is 14.2 Å². The summed E-state index contributed by atoms with van der Waals surface area (Å²) < 4.78 is 17.2. The van der Waals surface area contributed by atoms with Crippen molar-refractivity contribution in [3.8, 4) is 0 Å². The van der Waals surface area contributed by atoms with E-state index in [1.807, 2.05) is 0 Å². The third kappa shape index (κ3) is 2.97. The minimum atomic E-state index is -0.0629. The van der Waals surface area contributed by atoms with E-state index in [1.165, 1.54) is 12.8 Å². The van der Waals surface area contributed by atoms with E-state index in [0.717, 1.165) is 39.6 Å². The van der Waals surface area contributed by atoms with Crippen LogP contribution in [0.1, 0.15) is 33.6 Å². The zero-order valence-corrected chi connectivity index (χ0v) is 12.5. The SMILES string of the molecule is CC(C)(C)OCC1(CN2C3CCC2COC3)COC1. The molecule has 3 heterocycles. The maximum absolute atomic E-state index is 6.03. The second-order valence-corrected chi connectivity index (χ2v) is 7.49. The molecule has 0 saturated carbocycles. The molecule has 2 unspecified atom stereocenters. The summed E-state index contributed by atoms with van der Waals surface area (Å²) in [6, 6.07) is 1.26. The van der Waals surface area contributed by atoms with Crippen LogP contribution in [0.5, 0.6) is 0 Å². The van der Waals surface area contributed by atoms with Crippen LogP contribution in [0.15, 0.2) is 0 Å². The molecule has 3 aliphatic heterocycles. The van der Waals surface area contributed by atoms with Crippen LogP contribution >= 0.6 is 0 Å². The molecule has 2 bridgehead atoms. The van der Waals surface area contributed by atoms with Crippen molar-refractivity contribution in [3.63, 3.8) is 0 Å². The summed E-state index contributed by atoms with van der Waals surface area (Å²) in [4.78, 5) is 2.66. The maximum Gasteiger partial charge on any atom is 0.0622 e. The molecule has 3 rings (SSSR count). The van der Waals surface area contributed by atoms with E-state index in [2.05, 4.69) is 25.7 Å². The first kappa shape index (κ1) is 13.8. The summed E-state index contributed by atoms with van der Waals surface area (Å²) in [5.74, 6) is 0. The molecular formula is C15H27NO3. The third-order valence-corrected chi connectivity index (χ3v) is 4.54. The summed E-state index contributed by atoms with van der Waals surface area (Å²) in [5, 5.41) is 0. The minimum absolute atomic E-state index is 0.0629. The fraction of sp³-hybridized carbons (Fsp3) is 1.00. The summed E-state index contributed by atoms with van der Waals surface area (Å²) in [5.41, 5.74) is 0.151. The Morgan fingerprint density at radius 3 is 2.21 bits per heavy atom. The summed E-state index contributed by atoms with van der Waals surface area (Å²) in [6.45, 7) is 11.8. The Morgan fingerprint density at radius 2 is 1.74 bits per heavy atom. The molecule has 0 spiro atoms. The first-order valence-electron chi connectivity index (χ1n) is 7.53. The zero-order valence-electron chi connectivity index (χ0n) is 12.5. The van der Waals surface area contributed by atoms with E-state index >= 15 is 0 Å². The maximum atomic E-state index is 6.03. The summed E-state index contributed by atoms with van der Waals surface area (Å²) >= 11 is 0. The van der Waals surface area contributed by atoms with Gasteiger partial charge in [-0.05, 0) is 33.6 Å².